The molecule has 7 heteroatoms. The van der Waals surface area contributed by atoms with E-state index in [2.05, 4.69) is 0 Å². The monoisotopic (exact) mass is 256 g/mol. The van der Waals surface area contributed by atoms with Gasteiger partial charge in [-0.25, -0.2) is 0 Å². The summed E-state index contributed by atoms with van der Waals surface area (Å²) in [5.41, 5.74) is -0.188. The van der Waals surface area contributed by atoms with Crippen molar-refractivity contribution < 1.29 is 35.4 Å². The Hall–Kier alpha value is -1.70. The summed E-state index contributed by atoms with van der Waals surface area (Å²) >= 11 is 0. The fourth-order valence-electron chi connectivity index (χ4n) is 2.34. The standard InChI is InChI=1S/C11H12O7/c12-4-1-3(4)5-6-10(18-2-11(6,16)17)9(15)8(14)7(5)13/h3-4,12-17H,1-2H2. The van der Waals surface area contributed by atoms with Gasteiger partial charge in [0.05, 0.1) is 11.7 Å². The molecule has 2 aliphatic rings. The minimum atomic E-state index is -2.37. The first-order valence-electron chi connectivity index (χ1n) is 5.41. The summed E-state index contributed by atoms with van der Waals surface area (Å²) in [6.07, 6.45) is -0.388. The first kappa shape index (κ1) is 11.4. The molecular formula is C11H12O7. The first-order valence-corrected chi connectivity index (χ1v) is 5.41. The molecule has 2 unspecified atom stereocenters. The zero-order valence-corrected chi connectivity index (χ0v) is 9.16. The number of fused-ring (bicyclic) bond motifs is 1. The normalized spacial score (nSPS) is 27.7. The Morgan fingerprint density at radius 2 is 1.67 bits per heavy atom. The Morgan fingerprint density at radius 1 is 1.06 bits per heavy atom. The van der Waals surface area contributed by atoms with Crippen LogP contribution < -0.4 is 4.74 Å². The lowest BCUT2D eigenvalue weighted by Crippen LogP contribution is -2.27. The van der Waals surface area contributed by atoms with Gasteiger partial charge in [-0.15, -0.1) is 0 Å². The van der Waals surface area contributed by atoms with Crippen molar-refractivity contribution in [1.82, 2.24) is 0 Å². The van der Waals surface area contributed by atoms with E-state index >= 15 is 0 Å². The van der Waals surface area contributed by atoms with E-state index < -0.39 is 41.7 Å². The molecule has 7 nitrogen and oxygen atoms in total. The Balaban J connectivity index is 2.31. The SMILES string of the molecule is Oc1c(O)c2c(c(C3CC3O)c1O)C(O)(O)CO2. The van der Waals surface area contributed by atoms with E-state index in [1.54, 1.807) is 0 Å². The van der Waals surface area contributed by atoms with Crippen molar-refractivity contribution in [3.05, 3.63) is 11.1 Å². The van der Waals surface area contributed by atoms with Crippen molar-refractivity contribution in [2.45, 2.75) is 24.2 Å². The molecule has 0 spiro atoms. The molecule has 18 heavy (non-hydrogen) atoms. The molecule has 0 radical (unpaired) electrons. The highest BCUT2D eigenvalue weighted by atomic mass is 16.6. The highest BCUT2D eigenvalue weighted by Crippen LogP contribution is 2.59. The number of aliphatic hydroxyl groups excluding tert-OH is 1. The largest absolute Gasteiger partial charge is 0.504 e. The summed E-state index contributed by atoms with van der Waals surface area (Å²) < 4.78 is 4.93. The van der Waals surface area contributed by atoms with Gasteiger partial charge in [0.15, 0.2) is 11.5 Å². The molecule has 1 heterocycles. The average molecular weight is 256 g/mol. The molecule has 1 fully saturated rings. The minimum Gasteiger partial charge on any atom is -0.504 e. The molecule has 2 atom stereocenters. The number of phenols is 3. The second-order valence-corrected chi connectivity index (χ2v) is 4.68. The quantitative estimate of drug-likeness (QED) is 0.286. The molecule has 0 aromatic heterocycles. The van der Waals surface area contributed by atoms with Crippen LogP contribution in [0, 0.1) is 0 Å². The topological polar surface area (TPSA) is 131 Å². The fraction of sp³-hybridized carbons (Fsp3) is 0.455. The van der Waals surface area contributed by atoms with E-state index in [0.717, 1.165) is 0 Å². The second kappa shape index (κ2) is 3.19. The lowest BCUT2D eigenvalue weighted by atomic mass is 9.95. The predicted octanol–water partition coefficient (Wildman–Crippen LogP) is -0.819. The van der Waals surface area contributed by atoms with Crippen LogP contribution in [0.25, 0.3) is 0 Å². The van der Waals surface area contributed by atoms with Crippen LogP contribution in [-0.4, -0.2) is 43.4 Å². The van der Waals surface area contributed by atoms with Crippen LogP contribution in [0.2, 0.25) is 0 Å². The third-order valence-corrected chi connectivity index (χ3v) is 3.36. The van der Waals surface area contributed by atoms with Crippen LogP contribution in [0.4, 0.5) is 0 Å². The van der Waals surface area contributed by atoms with Crippen molar-refractivity contribution in [3.63, 3.8) is 0 Å². The highest BCUT2D eigenvalue weighted by molar-refractivity contribution is 5.69. The molecule has 0 bridgehead atoms. The Kier molecular flexibility index (Phi) is 2.02. The number of ether oxygens (including phenoxy) is 1. The summed E-state index contributed by atoms with van der Waals surface area (Å²) in [4.78, 5) is 0. The van der Waals surface area contributed by atoms with Gasteiger partial charge in [0.1, 0.15) is 6.61 Å². The summed E-state index contributed by atoms with van der Waals surface area (Å²) in [6, 6.07) is 0. The third-order valence-electron chi connectivity index (χ3n) is 3.36. The van der Waals surface area contributed by atoms with Crippen molar-refractivity contribution in [3.8, 4) is 23.0 Å². The number of rotatable bonds is 1. The smallest absolute Gasteiger partial charge is 0.229 e. The van der Waals surface area contributed by atoms with E-state index in [1.807, 2.05) is 0 Å². The van der Waals surface area contributed by atoms with Crippen molar-refractivity contribution in [1.29, 1.82) is 0 Å². The average Bonchev–Trinajstić information content (AvgIpc) is 2.92. The number of phenolic OH excluding ortho intramolecular Hbond substituents is 3. The van der Waals surface area contributed by atoms with Gasteiger partial charge >= 0.3 is 0 Å². The molecule has 1 aliphatic heterocycles. The lowest BCUT2D eigenvalue weighted by molar-refractivity contribution is -0.174. The van der Waals surface area contributed by atoms with Crippen molar-refractivity contribution in [2.75, 3.05) is 6.61 Å². The van der Waals surface area contributed by atoms with E-state index in [-0.39, 0.29) is 16.9 Å². The van der Waals surface area contributed by atoms with Gasteiger partial charge in [-0.3, -0.25) is 0 Å². The van der Waals surface area contributed by atoms with Crippen molar-refractivity contribution >= 4 is 0 Å². The third kappa shape index (κ3) is 1.29. The van der Waals surface area contributed by atoms with Crippen LogP contribution in [0.3, 0.4) is 0 Å². The minimum absolute atomic E-state index is 0.00954. The zero-order chi connectivity index (χ0) is 13.2. The van der Waals surface area contributed by atoms with Crippen LogP contribution in [0.5, 0.6) is 23.0 Å². The molecule has 6 N–H and O–H groups in total. The van der Waals surface area contributed by atoms with E-state index in [0.29, 0.717) is 6.42 Å². The molecule has 3 rings (SSSR count). The molecule has 1 saturated carbocycles. The molecule has 0 amide bonds. The molecule has 1 aromatic carbocycles. The molecule has 0 saturated heterocycles. The maximum absolute atomic E-state index is 9.80. The summed E-state index contributed by atoms with van der Waals surface area (Å²) in [7, 11) is 0. The van der Waals surface area contributed by atoms with E-state index in [4.69, 9.17) is 4.74 Å². The van der Waals surface area contributed by atoms with E-state index in [9.17, 15) is 30.6 Å². The lowest BCUT2D eigenvalue weighted by Gasteiger charge is -2.18. The number of aliphatic hydroxyl groups is 3. The maximum Gasteiger partial charge on any atom is 0.229 e. The van der Waals surface area contributed by atoms with Gasteiger partial charge in [-0.2, -0.15) is 0 Å². The molecule has 1 aromatic rings. The predicted molar refractivity (Wildman–Crippen MR) is 56.4 cm³/mol. The molecular weight excluding hydrogens is 244 g/mol. The molecule has 1 aliphatic carbocycles. The molecule has 98 valence electrons. The summed E-state index contributed by atoms with van der Waals surface area (Å²) in [5, 5.41) is 57.9. The van der Waals surface area contributed by atoms with Gasteiger partial charge in [0.25, 0.3) is 0 Å². The van der Waals surface area contributed by atoms with Gasteiger partial charge < -0.3 is 35.4 Å². The van der Waals surface area contributed by atoms with Gasteiger partial charge in [-0.1, -0.05) is 0 Å². The zero-order valence-electron chi connectivity index (χ0n) is 9.16. The second-order valence-electron chi connectivity index (χ2n) is 4.68. The fourth-order valence-corrected chi connectivity index (χ4v) is 2.34. The highest BCUT2D eigenvalue weighted by Gasteiger charge is 2.50. The number of benzene rings is 1. The Bertz CT molecular complexity index is 537. The van der Waals surface area contributed by atoms with Crippen LogP contribution in [0.1, 0.15) is 23.5 Å². The first-order chi connectivity index (χ1) is 8.34. The van der Waals surface area contributed by atoms with Crippen molar-refractivity contribution in [2.24, 2.45) is 0 Å². The number of aromatic hydroxyl groups is 3. The van der Waals surface area contributed by atoms with Crippen LogP contribution in [0.15, 0.2) is 0 Å². The van der Waals surface area contributed by atoms with Gasteiger partial charge in [0.2, 0.25) is 17.3 Å². The van der Waals surface area contributed by atoms with Crippen LogP contribution in [-0.2, 0) is 5.79 Å². The van der Waals surface area contributed by atoms with Gasteiger partial charge in [-0.05, 0) is 6.42 Å². The number of hydrogen-bond donors (Lipinski definition) is 6. The Labute approximate surface area is 101 Å². The van der Waals surface area contributed by atoms with Crippen LogP contribution >= 0.6 is 0 Å². The van der Waals surface area contributed by atoms with Gasteiger partial charge in [0, 0.05) is 11.5 Å². The number of hydrogen-bond acceptors (Lipinski definition) is 7. The van der Waals surface area contributed by atoms with E-state index in [1.165, 1.54) is 0 Å². The summed E-state index contributed by atoms with van der Waals surface area (Å²) in [6.45, 7) is -0.519. The Morgan fingerprint density at radius 3 is 2.22 bits per heavy atom. The maximum atomic E-state index is 9.80. The summed E-state index contributed by atoms with van der Waals surface area (Å²) in [5.74, 6) is -5.34.